The van der Waals surface area contributed by atoms with E-state index in [9.17, 15) is 9.59 Å². The maximum absolute atomic E-state index is 12.4. The summed E-state index contributed by atoms with van der Waals surface area (Å²) >= 11 is 0. The van der Waals surface area contributed by atoms with Crippen LogP contribution in [0.1, 0.15) is 25.0 Å². The van der Waals surface area contributed by atoms with Crippen molar-refractivity contribution in [2.45, 2.75) is 32.9 Å². The second kappa shape index (κ2) is 8.87. The van der Waals surface area contributed by atoms with Gasteiger partial charge in [0.15, 0.2) is 0 Å². The second-order valence-corrected chi connectivity index (χ2v) is 5.84. The van der Waals surface area contributed by atoms with E-state index in [4.69, 9.17) is 0 Å². The molecule has 4 heteroatoms. The van der Waals surface area contributed by atoms with Gasteiger partial charge in [-0.3, -0.25) is 9.59 Å². The number of hydrogen-bond donors (Lipinski definition) is 1. The summed E-state index contributed by atoms with van der Waals surface area (Å²) in [5.74, 6) is -0.235. The van der Waals surface area contributed by atoms with Gasteiger partial charge in [0.2, 0.25) is 11.8 Å². The average Bonchev–Trinajstić information content (AvgIpc) is 2.60. The highest BCUT2D eigenvalue weighted by molar-refractivity contribution is 5.86. The summed E-state index contributed by atoms with van der Waals surface area (Å²) < 4.78 is 0. The molecule has 2 aromatic rings. The van der Waals surface area contributed by atoms with Crippen molar-refractivity contribution in [3.05, 3.63) is 71.8 Å². The largest absolute Gasteiger partial charge is 0.354 e. The lowest BCUT2D eigenvalue weighted by atomic mass is 10.1. The van der Waals surface area contributed by atoms with Crippen LogP contribution in [0.2, 0.25) is 0 Å². The Bertz CT molecular complexity index is 656. The van der Waals surface area contributed by atoms with Crippen molar-refractivity contribution >= 4 is 11.8 Å². The second-order valence-electron chi connectivity index (χ2n) is 5.84. The molecule has 0 aliphatic rings. The highest BCUT2D eigenvalue weighted by Crippen LogP contribution is 2.09. The van der Waals surface area contributed by atoms with Crippen molar-refractivity contribution in [1.82, 2.24) is 10.2 Å². The highest BCUT2D eigenvalue weighted by Gasteiger charge is 2.23. The third-order valence-electron chi connectivity index (χ3n) is 4.00. The number of nitrogens with one attached hydrogen (secondary N) is 1. The van der Waals surface area contributed by atoms with Crippen LogP contribution in [0, 0.1) is 0 Å². The fraction of sp³-hybridized carbons (Fsp3) is 0.300. The molecule has 0 saturated heterocycles. The van der Waals surface area contributed by atoms with Crippen molar-refractivity contribution in [1.29, 1.82) is 0 Å². The van der Waals surface area contributed by atoms with Gasteiger partial charge >= 0.3 is 0 Å². The van der Waals surface area contributed by atoms with Gasteiger partial charge in [-0.25, -0.2) is 0 Å². The molecule has 0 fully saturated rings. The zero-order valence-corrected chi connectivity index (χ0v) is 14.2. The van der Waals surface area contributed by atoms with Crippen LogP contribution < -0.4 is 5.32 Å². The lowest BCUT2D eigenvalue weighted by Gasteiger charge is -2.27. The van der Waals surface area contributed by atoms with Crippen LogP contribution in [-0.4, -0.2) is 29.3 Å². The number of amides is 2. The van der Waals surface area contributed by atoms with Gasteiger partial charge in [0.1, 0.15) is 6.04 Å². The molecule has 1 N–H and O–H groups in total. The number of hydrogen-bond acceptors (Lipinski definition) is 2. The van der Waals surface area contributed by atoms with E-state index in [-0.39, 0.29) is 11.8 Å². The maximum atomic E-state index is 12.4. The summed E-state index contributed by atoms with van der Waals surface area (Å²) in [5, 5.41) is 2.92. The number of carbonyl (C=O) groups is 2. The molecule has 0 spiro atoms. The topological polar surface area (TPSA) is 49.4 Å². The molecule has 2 rings (SSSR count). The first-order valence-corrected chi connectivity index (χ1v) is 8.20. The van der Waals surface area contributed by atoms with Crippen LogP contribution in [0.4, 0.5) is 0 Å². The molecule has 4 nitrogen and oxygen atoms in total. The number of rotatable bonds is 7. The van der Waals surface area contributed by atoms with Gasteiger partial charge in [-0.05, 0) is 24.5 Å². The van der Waals surface area contributed by atoms with E-state index in [2.05, 4.69) is 5.32 Å². The molecule has 0 bridgehead atoms. The van der Waals surface area contributed by atoms with Crippen LogP contribution in [-0.2, 0) is 22.6 Å². The smallest absolute Gasteiger partial charge is 0.242 e. The molecule has 0 saturated carbocycles. The predicted octanol–water partition coefficient (Wildman–Crippen LogP) is 2.78. The first-order valence-electron chi connectivity index (χ1n) is 8.20. The Hall–Kier alpha value is -2.62. The van der Waals surface area contributed by atoms with Gasteiger partial charge < -0.3 is 10.2 Å². The van der Waals surface area contributed by atoms with Crippen molar-refractivity contribution < 1.29 is 9.59 Å². The van der Waals surface area contributed by atoms with Gasteiger partial charge in [-0.1, -0.05) is 60.7 Å². The summed E-state index contributed by atoms with van der Waals surface area (Å²) in [6, 6.07) is 19.2. The quantitative estimate of drug-likeness (QED) is 0.851. The van der Waals surface area contributed by atoms with Crippen molar-refractivity contribution in [2.75, 3.05) is 6.54 Å². The summed E-state index contributed by atoms with van der Waals surface area (Å²) in [4.78, 5) is 25.9. The first-order chi connectivity index (χ1) is 11.6. The van der Waals surface area contributed by atoms with Crippen LogP contribution in [0.25, 0.3) is 0 Å². The minimum atomic E-state index is -0.501. The minimum absolute atomic E-state index is 0.107. The zero-order chi connectivity index (χ0) is 17.4. The Morgan fingerprint density at radius 1 is 0.958 bits per heavy atom. The van der Waals surface area contributed by atoms with Crippen LogP contribution in [0.3, 0.4) is 0 Å². The summed E-state index contributed by atoms with van der Waals surface area (Å²) in [6.45, 7) is 4.26. The van der Waals surface area contributed by atoms with Crippen molar-refractivity contribution in [3.63, 3.8) is 0 Å². The summed E-state index contributed by atoms with van der Waals surface area (Å²) in [5.41, 5.74) is 2.19. The number of carbonyl (C=O) groups excluding carboxylic acids is 2. The monoisotopic (exact) mass is 324 g/mol. The van der Waals surface area contributed by atoms with Crippen LogP contribution >= 0.6 is 0 Å². The molecule has 2 amide bonds. The van der Waals surface area contributed by atoms with E-state index in [1.807, 2.05) is 60.7 Å². The van der Waals surface area contributed by atoms with E-state index in [1.165, 1.54) is 12.5 Å². The molecule has 0 unspecified atom stereocenters. The van der Waals surface area contributed by atoms with E-state index in [1.54, 1.807) is 11.8 Å². The Kier molecular flexibility index (Phi) is 6.55. The highest BCUT2D eigenvalue weighted by atomic mass is 16.2. The molecule has 0 heterocycles. The van der Waals surface area contributed by atoms with Gasteiger partial charge in [0, 0.05) is 20.0 Å². The standard InChI is InChI=1S/C20H24N2O2/c1-16(20(24)21-14-13-18-9-5-3-6-10-18)22(17(2)23)15-19-11-7-4-8-12-19/h3-12,16H,13-15H2,1-2H3,(H,21,24)/t16-/m0/s1. The summed E-state index contributed by atoms with van der Waals surface area (Å²) in [6.07, 6.45) is 0.776. The van der Waals surface area contributed by atoms with E-state index in [0.29, 0.717) is 13.1 Å². The van der Waals surface area contributed by atoms with Crippen LogP contribution in [0.15, 0.2) is 60.7 Å². The van der Waals surface area contributed by atoms with Gasteiger partial charge in [-0.15, -0.1) is 0 Å². The van der Waals surface area contributed by atoms with Crippen molar-refractivity contribution in [2.24, 2.45) is 0 Å². The Labute approximate surface area is 143 Å². The third-order valence-corrected chi connectivity index (χ3v) is 4.00. The molecule has 0 aliphatic carbocycles. The molecule has 0 aromatic heterocycles. The van der Waals surface area contributed by atoms with Gasteiger partial charge in [0.05, 0.1) is 0 Å². The molecule has 0 aliphatic heterocycles. The Balaban J connectivity index is 1.89. The van der Waals surface area contributed by atoms with Crippen molar-refractivity contribution in [3.8, 4) is 0 Å². The molecule has 0 radical (unpaired) electrons. The Morgan fingerprint density at radius 3 is 2.04 bits per heavy atom. The SMILES string of the molecule is CC(=O)N(Cc1ccccc1)[C@@H](C)C(=O)NCCc1ccccc1. The molecule has 2 aromatic carbocycles. The molecule has 1 atom stereocenters. The minimum Gasteiger partial charge on any atom is -0.354 e. The lowest BCUT2D eigenvalue weighted by molar-refractivity contribution is -0.138. The molecular formula is C20H24N2O2. The molecular weight excluding hydrogens is 300 g/mol. The van der Waals surface area contributed by atoms with E-state index in [0.717, 1.165) is 12.0 Å². The van der Waals surface area contributed by atoms with E-state index >= 15 is 0 Å². The fourth-order valence-corrected chi connectivity index (χ4v) is 2.57. The zero-order valence-electron chi connectivity index (χ0n) is 14.2. The average molecular weight is 324 g/mol. The first kappa shape index (κ1) is 17.7. The summed E-state index contributed by atoms with van der Waals surface area (Å²) in [7, 11) is 0. The molecule has 126 valence electrons. The molecule has 24 heavy (non-hydrogen) atoms. The normalized spacial score (nSPS) is 11.6. The predicted molar refractivity (Wildman–Crippen MR) is 95.3 cm³/mol. The van der Waals surface area contributed by atoms with Gasteiger partial charge in [-0.2, -0.15) is 0 Å². The number of nitrogens with zero attached hydrogens (tertiary/aromatic N) is 1. The fourth-order valence-electron chi connectivity index (χ4n) is 2.57. The van der Waals surface area contributed by atoms with E-state index < -0.39 is 6.04 Å². The lowest BCUT2D eigenvalue weighted by Crippen LogP contribution is -2.47. The maximum Gasteiger partial charge on any atom is 0.242 e. The third kappa shape index (κ3) is 5.23. The van der Waals surface area contributed by atoms with Crippen LogP contribution in [0.5, 0.6) is 0 Å². The number of benzene rings is 2. The van der Waals surface area contributed by atoms with Gasteiger partial charge in [0.25, 0.3) is 0 Å². The Morgan fingerprint density at radius 2 is 1.50 bits per heavy atom.